The van der Waals surface area contributed by atoms with Crippen molar-refractivity contribution in [2.75, 3.05) is 0 Å². The fraction of sp³-hybridized carbons (Fsp3) is 0.0833. The third-order valence-electron chi connectivity index (χ3n) is 2.21. The van der Waals surface area contributed by atoms with Crippen LogP contribution in [0.2, 0.25) is 5.02 Å². The number of hydrogen-bond donors (Lipinski definition) is 1. The average Bonchev–Trinajstić information content (AvgIpc) is 2.37. The molecule has 0 radical (unpaired) electrons. The van der Waals surface area contributed by atoms with E-state index in [0.29, 0.717) is 22.8 Å². The lowest BCUT2D eigenvalue weighted by Crippen LogP contribution is -2.08. The van der Waals surface area contributed by atoms with Crippen LogP contribution < -0.4 is 0 Å². The summed E-state index contributed by atoms with van der Waals surface area (Å²) in [6, 6.07) is 8.88. The first kappa shape index (κ1) is 11.5. The molecule has 0 saturated heterocycles. The molecule has 0 fully saturated rings. The smallest absolute Gasteiger partial charge is 0.111 e. The molecular weight excluding hydrogens is 238 g/mol. The molecule has 0 spiro atoms. The van der Waals surface area contributed by atoms with Gasteiger partial charge in [0.1, 0.15) is 5.71 Å². The van der Waals surface area contributed by atoms with Crippen molar-refractivity contribution in [2.45, 2.75) is 6.42 Å². The Morgan fingerprint density at radius 1 is 1.24 bits per heavy atom. The van der Waals surface area contributed by atoms with Crippen molar-refractivity contribution >= 4 is 17.3 Å². The topological polar surface area (TPSA) is 58.4 Å². The molecule has 17 heavy (non-hydrogen) atoms. The Morgan fingerprint density at radius 3 is 2.76 bits per heavy atom. The molecule has 1 N–H and O–H groups in total. The van der Waals surface area contributed by atoms with Crippen molar-refractivity contribution in [1.29, 1.82) is 0 Å². The molecule has 0 aromatic carbocycles. The van der Waals surface area contributed by atoms with Gasteiger partial charge >= 0.3 is 0 Å². The van der Waals surface area contributed by atoms with Gasteiger partial charge in [-0.15, -0.1) is 0 Å². The molecule has 86 valence electrons. The van der Waals surface area contributed by atoms with Crippen LogP contribution in [0.1, 0.15) is 11.4 Å². The minimum atomic E-state index is 0.407. The van der Waals surface area contributed by atoms with Gasteiger partial charge in [0, 0.05) is 29.5 Å². The van der Waals surface area contributed by atoms with Crippen molar-refractivity contribution in [2.24, 2.45) is 5.16 Å². The first-order chi connectivity index (χ1) is 8.29. The van der Waals surface area contributed by atoms with Crippen LogP contribution in [-0.2, 0) is 6.42 Å². The summed E-state index contributed by atoms with van der Waals surface area (Å²) in [6.07, 6.45) is 3.67. The summed E-state index contributed by atoms with van der Waals surface area (Å²) in [5.74, 6) is 0. The summed E-state index contributed by atoms with van der Waals surface area (Å²) >= 11 is 5.86. The van der Waals surface area contributed by atoms with Crippen molar-refractivity contribution < 1.29 is 5.21 Å². The largest absolute Gasteiger partial charge is 0.411 e. The molecule has 0 aliphatic rings. The van der Waals surface area contributed by atoms with Gasteiger partial charge in [-0.05, 0) is 24.3 Å². The van der Waals surface area contributed by atoms with Crippen molar-refractivity contribution in [1.82, 2.24) is 9.97 Å². The van der Waals surface area contributed by atoms with E-state index in [4.69, 9.17) is 16.8 Å². The van der Waals surface area contributed by atoms with E-state index in [9.17, 15) is 0 Å². The Hall–Kier alpha value is -1.94. The van der Waals surface area contributed by atoms with E-state index in [2.05, 4.69) is 15.1 Å². The summed E-state index contributed by atoms with van der Waals surface area (Å²) in [5.41, 5.74) is 1.79. The minimum absolute atomic E-state index is 0.407. The fourth-order valence-corrected chi connectivity index (χ4v) is 1.57. The zero-order valence-corrected chi connectivity index (χ0v) is 9.67. The molecule has 0 unspecified atom stereocenters. The van der Waals surface area contributed by atoms with Crippen LogP contribution in [0.5, 0.6) is 0 Å². The van der Waals surface area contributed by atoms with E-state index in [-0.39, 0.29) is 0 Å². The molecular formula is C12H10ClN3O. The van der Waals surface area contributed by atoms with Crippen LogP contribution in [0, 0.1) is 0 Å². The summed E-state index contributed by atoms with van der Waals surface area (Å²) < 4.78 is 0. The van der Waals surface area contributed by atoms with E-state index < -0.39 is 0 Å². The number of nitrogens with zero attached hydrogens (tertiary/aromatic N) is 3. The normalized spacial score (nSPS) is 11.5. The van der Waals surface area contributed by atoms with Crippen LogP contribution in [0.15, 0.2) is 47.9 Å². The highest BCUT2D eigenvalue weighted by molar-refractivity contribution is 6.30. The third kappa shape index (κ3) is 3.01. The quantitative estimate of drug-likeness (QED) is 0.515. The van der Waals surface area contributed by atoms with E-state index in [0.717, 1.165) is 5.69 Å². The van der Waals surface area contributed by atoms with Gasteiger partial charge in [-0.3, -0.25) is 9.97 Å². The predicted molar refractivity (Wildman–Crippen MR) is 65.5 cm³/mol. The van der Waals surface area contributed by atoms with Crippen molar-refractivity contribution in [3.05, 3.63) is 59.1 Å². The average molecular weight is 248 g/mol. The molecule has 0 amide bonds. The van der Waals surface area contributed by atoms with Gasteiger partial charge in [0.05, 0.1) is 5.69 Å². The molecule has 0 aliphatic heterocycles. The highest BCUT2D eigenvalue weighted by Crippen LogP contribution is 2.11. The molecule has 4 nitrogen and oxygen atoms in total. The van der Waals surface area contributed by atoms with Crippen LogP contribution >= 0.6 is 11.6 Å². The molecule has 2 rings (SSSR count). The van der Waals surface area contributed by atoms with Gasteiger partial charge in [0.2, 0.25) is 0 Å². The van der Waals surface area contributed by atoms with E-state index in [1.807, 2.05) is 18.2 Å². The number of hydrogen-bond acceptors (Lipinski definition) is 4. The number of oxime groups is 1. The van der Waals surface area contributed by atoms with Crippen molar-refractivity contribution in [3.63, 3.8) is 0 Å². The predicted octanol–water partition coefficient (Wildman–Crippen LogP) is 2.55. The molecule has 2 heterocycles. The third-order valence-corrected chi connectivity index (χ3v) is 2.45. The van der Waals surface area contributed by atoms with E-state index in [1.165, 1.54) is 0 Å². The van der Waals surface area contributed by atoms with Gasteiger partial charge in [0.25, 0.3) is 0 Å². The minimum Gasteiger partial charge on any atom is -0.411 e. The highest BCUT2D eigenvalue weighted by Gasteiger charge is 2.08. The molecule has 2 aromatic heterocycles. The second-order valence-corrected chi connectivity index (χ2v) is 3.84. The first-order valence-electron chi connectivity index (χ1n) is 5.02. The second-order valence-electron chi connectivity index (χ2n) is 3.40. The Morgan fingerprint density at radius 2 is 2.12 bits per heavy atom. The summed E-state index contributed by atoms with van der Waals surface area (Å²) in [6.45, 7) is 0. The number of pyridine rings is 2. The summed E-state index contributed by atoms with van der Waals surface area (Å²) in [5, 5.41) is 12.8. The molecule has 0 bridgehead atoms. The lowest BCUT2D eigenvalue weighted by Gasteiger charge is -2.03. The molecule has 0 saturated carbocycles. The van der Waals surface area contributed by atoms with Gasteiger partial charge in [0.15, 0.2) is 0 Å². The standard InChI is InChI=1S/C12H10ClN3O/c13-9-4-6-15-11(7-9)12(16-17)8-10-3-1-2-5-14-10/h1-7,17H,8H2. The molecule has 2 aromatic rings. The van der Waals surface area contributed by atoms with E-state index >= 15 is 0 Å². The highest BCUT2D eigenvalue weighted by atomic mass is 35.5. The van der Waals surface area contributed by atoms with Crippen LogP contribution in [0.25, 0.3) is 0 Å². The lowest BCUT2D eigenvalue weighted by molar-refractivity contribution is 0.318. The maximum Gasteiger partial charge on any atom is 0.111 e. The second kappa shape index (κ2) is 5.41. The van der Waals surface area contributed by atoms with Gasteiger partial charge < -0.3 is 5.21 Å². The van der Waals surface area contributed by atoms with Gasteiger partial charge in [-0.25, -0.2) is 0 Å². The number of aromatic nitrogens is 2. The SMILES string of the molecule is ON=C(Cc1ccccn1)c1cc(Cl)ccn1. The molecule has 0 aliphatic carbocycles. The molecule has 0 atom stereocenters. The monoisotopic (exact) mass is 247 g/mol. The Labute approximate surface area is 104 Å². The summed E-state index contributed by atoms with van der Waals surface area (Å²) in [7, 11) is 0. The number of halogens is 1. The maximum atomic E-state index is 9.01. The maximum absolute atomic E-state index is 9.01. The molecule has 5 heteroatoms. The Bertz CT molecular complexity index is 528. The van der Waals surface area contributed by atoms with Gasteiger partial charge in [-0.2, -0.15) is 0 Å². The Kier molecular flexibility index (Phi) is 3.67. The fourth-order valence-electron chi connectivity index (χ4n) is 1.41. The first-order valence-corrected chi connectivity index (χ1v) is 5.40. The lowest BCUT2D eigenvalue weighted by atomic mass is 10.1. The van der Waals surface area contributed by atoms with Gasteiger partial charge in [-0.1, -0.05) is 22.8 Å². The van der Waals surface area contributed by atoms with Crippen LogP contribution in [0.3, 0.4) is 0 Å². The Balaban J connectivity index is 2.24. The van der Waals surface area contributed by atoms with Crippen molar-refractivity contribution in [3.8, 4) is 0 Å². The zero-order chi connectivity index (χ0) is 12.1. The summed E-state index contributed by atoms with van der Waals surface area (Å²) in [4.78, 5) is 8.27. The zero-order valence-electron chi connectivity index (χ0n) is 8.92. The van der Waals surface area contributed by atoms with Crippen LogP contribution in [0.4, 0.5) is 0 Å². The van der Waals surface area contributed by atoms with E-state index in [1.54, 1.807) is 24.5 Å². The van der Waals surface area contributed by atoms with Crippen LogP contribution in [-0.4, -0.2) is 20.9 Å². The number of rotatable bonds is 3.